The topological polar surface area (TPSA) is 75.9 Å². The Morgan fingerprint density at radius 2 is 1.94 bits per heavy atom. The first-order valence-electron chi connectivity index (χ1n) is 6.27. The van der Waals surface area contributed by atoms with Crippen LogP contribution in [-0.2, 0) is 0 Å². The molecule has 0 bridgehead atoms. The van der Waals surface area contributed by atoms with E-state index in [9.17, 15) is 0 Å². The Balaban J connectivity index is 2.37. The lowest BCUT2D eigenvalue weighted by molar-refractivity contribution is 0.742. The highest BCUT2D eigenvalue weighted by atomic mass is 15.1. The van der Waals surface area contributed by atoms with Gasteiger partial charge in [0.15, 0.2) is 0 Å². The van der Waals surface area contributed by atoms with Gasteiger partial charge in [0, 0.05) is 25.2 Å². The molecular weight excluding hydrogens is 214 g/mol. The monoisotopic (exact) mass is 237 g/mol. The number of rotatable bonds is 8. The molecule has 1 unspecified atom stereocenters. The van der Waals surface area contributed by atoms with Crippen LogP contribution in [0, 0.1) is 0 Å². The lowest BCUT2D eigenvalue weighted by atomic mass is 10.2. The molecule has 1 aromatic rings. The van der Waals surface area contributed by atoms with Crippen LogP contribution in [0.4, 0.5) is 11.6 Å². The van der Waals surface area contributed by atoms with E-state index < -0.39 is 0 Å². The molecule has 0 aromatic carbocycles. The number of hydrogen-bond acceptors (Lipinski definition) is 5. The summed E-state index contributed by atoms with van der Waals surface area (Å²) < 4.78 is 0. The average Bonchev–Trinajstić information content (AvgIpc) is 2.33. The largest absolute Gasteiger partial charge is 0.370 e. The fraction of sp³-hybridized carbons (Fsp3) is 0.667. The number of anilines is 2. The summed E-state index contributed by atoms with van der Waals surface area (Å²) in [7, 11) is 0. The van der Waals surface area contributed by atoms with Crippen LogP contribution in [0.5, 0.6) is 0 Å². The summed E-state index contributed by atoms with van der Waals surface area (Å²) in [5, 5.41) is 6.46. The van der Waals surface area contributed by atoms with Gasteiger partial charge in [-0.05, 0) is 13.3 Å². The van der Waals surface area contributed by atoms with Gasteiger partial charge >= 0.3 is 0 Å². The molecule has 17 heavy (non-hydrogen) atoms. The lowest BCUT2D eigenvalue weighted by Crippen LogP contribution is -2.25. The quantitative estimate of drug-likeness (QED) is 0.601. The molecular formula is C12H23N5. The highest BCUT2D eigenvalue weighted by Crippen LogP contribution is 2.08. The second-order valence-corrected chi connectivity index (χ2v) is 4.28. The van der Waals surface area contributed by atoms with Gasteiger partial charge in [-0.2, -0.15) is 0 Å². The fourth-order valence-corrected chi connectivity index (χ4v) is 1.41. The minimum Gasteiger partial charge on any atom is -0.370 e. The number of nitrogens with one attached hydrogen (secondary N) is 2. The van der Waals surface area contributed by atoms with Gasteiger partial charge in [0.1, 0.15) is 18.0 Å². The van der Waals surface area contributed by atoms with Gasteiger partial charge in [-0.1, -0.05) is 19.8 Å². The van der Waals surface area contributed by atoms with E-state index in [1.807, 2.05) is 13.0 Å². The van der Waals surface area contributed by atoms with Gasteiger partial charge in [0.25, 0.3) is 0 Å². The summed E-state index contributed by atoms with van der Waals surface area (Å²) in [5.74, 6) is 1.68. The molecule has 0 spiro atoms. The van der Waals surface area contributed by atoms with Crippen LogP contribution in [0.1, 0.15) is 33.1 Å². The summed E-state index contributed by atoms with van der Waals surface area (Å²) in [6.07, 6.45) is 5.20. The zero-order valence-corrected chi connectivity index (χ0v) is 10.7. The van der Waals surface area contributed by atoms with E-state index >= 15 is 0 Å². The van der Waals surface area contributed by atoms with Gasteiger partial charge in [0.05, 0.1) is 0 Å². The van der Waals surface area contributed by atoms with Crippen molar-refractivity contribution in [1.82, 2.24) is 9.97 Å². The molecule has 0 saturated carbocycles. The molecule has 0 aliphatic heterocycles. The van der Waals surface area contributed by atoms with Crippen molar-refractivity contribution < 1.29 is 0 Å². The van der Waals surface area contributed by atoms with E-state index in [2.05, 4.69) is 27.5 Å². The smallest absolute Gasteiger partial charge is 0.131 e. The van der Waals surface area contributed by atoms with Crippen molar-refractivity contribution in [3.05, 3.63) is 12.4 Å². The Morgan fingerprint density at radius 1 is 1.24 bits per heavy atom. The molecule has 5 heteroatoms. The first-order valence-corrected chi connectivity index (χ1v) is 6.27. The SMILES string of the molecule is CCCCCNc1cc(NCC(C)N)ncn1. The van der Waals surface area contributed by atoms with Crippen LogP contribution in [0.15, 0.2) is 12.4 Å². The Labute approximate surface area is 103 Å². The standard InChI is InChI=1S/C12H23N5/c1-3-4-5-6-14-11-7-12(17-9-16-11)15-8-10(2)13/h7,9-10H,3-6,8,13H2,1-2H3,(H2,14,15,16,17). The fourth-order valence-electron chi connectivity index (χ4n) is 1.41. The molecule has 1 rings (SSSR count). The van der Waals surface area contributed by atoms with Crippen LogP contribution >= 0.6 is 0 Å². The highest BCUT2D eigenvalue weighted by molar-refractivity contribution is 5.46. The van der Waals surface area contributed by atoms with Crippen LogP contribution in [0.25, 0.3) is 0 Å². The van der Waals surface area contributed by atoms with Crippen LogP contribution in [0.2, 0.25) is 0 Å². The molecule has 0 aliphatic carbocycles. The third-order valence-corrected chi connectivity index (χ3v) is 2.36. The van der Waals surface area contributed by atoms with E-state index in [0.717, 1.165) is 18.2 Å². The van der Waals surface area contributed by atoms with Crippen molar-refractivity contribution >= 4 is 11.6 Å². The van der Waals surface area contributed by atoms with Crippen LogP contribution in [0.3, 0.4) is 0 Å². The third-order valence-electron chi connectivity index (χ3n) is 2.36. The Morgan fingerprint density at radius 3 is 2.59 bits per heavy atom. The van der Waals surface area contributed by atoms with Crippen LogP contribution in [-0.4, -0.2) is 29.1 Å². The zero-order valence-electron chi connectivity index (χ0n) is 10.7. The molecule has 1 aromatic heterocycles. The summed E-state index contributed by atoms with van der Waals surface area (Å²) in [5.41, 5.74) is 5.67. The first kappa shape index (κ1) is 13.7. The Bertz CT molecular complexity index is 314. The zero-order chi connectivity index (χ0) is 12.5. The van der Waals surface area contributed by atoms with E-state index in [0.29, 0.717) is 6.54 Å². The maximum atomic E-state index is 5.67. The van der Waals surface area contributed by atoms with Crippen molar-refractivity contribution in [1.29, 1.82) is 0 Å². The number of hydrogen-bond donors (Lipinski definition) is 3. The summed E-state index contributed by atoms with van der Waals surface area (Å²) in [6.45, 7) is 5.82. The Hall–Kier alpha value is -1.36. The van der Waals surface area contributed by atoms with E-state index in [1.165, 1.54) is 19.3 Å². The van der Waals surface area contributed by atoms with Gasteiger partial charge in [-0.3, -0.25) is 0 Å². The average molecular weight is 237 g/mol. The predicted octanol–water partition coefficient (Wildman–Crippen LogP) is 1.84. The van der Waals surface area contributed by atoms with E-state index in [4.69, 9.17) is 5.73 Å². The molecule has 1 atom stereocenters. The molecule has 0 aliphatic rings. The van der Waals surface area contributed by atoms with E-state index in [1.54, 1.807) is 6.33 Å². The number of nitrogens with two attached hydrogens (primary N) is 1. The maximum absolute atomic E-state index is 5.67. The van der Waals surface area contributed by atoms with E-state index in [-0.39, 0.29) is 6.04 Å². The molecule has 0 radical (unpaired) electrons. The van der Waals surface area contributed by atoms with Gasteiger partial charge < -0.3 is 16.4 Å². The van der Waals surface area contributed by atoms with Crippen molar-refractivity contribution in [2.75, 3.05) is 23.7 Å². The number of aromatic nitrogens is 2. The predicted molar refractivity (Wildman–Crippen MR) is 72.2 cm³/mol. The maximum Gasteiger partial charge on any atom is 0.131 e. The molecule has 0 saturated heterocycles. The molecule has 1 heterocycles. The minimum absolute atomic E-state index is 0.117. The number of nitrogens with zero attached hydrogens (tertiary/aromatic N) is 2. The lowest BCUT2D eigenvalue weighted by Gasteiger charge is -2.09. The molecule has 4 N–H and O–H groups in total. The molecule has 96 valence electrons. The minimum atomic E-state index is 0.117. The molecule has 0 fully saturated rings. The van der Waals surface area contributed by atoms with Crippen molar-refractivity contribution in [3.63, 3.8) is 0 Å². The summed E-state index contributed by atoms with van der Waals surface area (Å²) >= 11 is 0. The normalized spacial score (nSPS) is 12.2. The van der Waals surface area contributed by atoms with Crippen molar-refractivity contribution in [3.8, 4) is 0 Å². The molecule has 0 amide bonds. The van der Waals surface area contributed by atoms with Crippen molar-refractivity contribution in [2.24, 2.45) is 5.73 Å². The van der Waals surface area contributed by atoms with Gasteiger partial charge in [-0.15, -0.1) is 0 Å². The number of unbranched alkanes of at least 4 members (excludes halogenated alkanes) is 2. The highest BCUT2D eigenvalue weighted by Gasteiger charge is 1.99. The second kappa shape index (κ2) is 7.84. The van der Waals surface area contributed by atoms with Crippen molar-refractivity contribution in [2.45, 2.75) is 39.2 Å². The summed E-state index contributed by atoms with van der Waals surface area (Å²) in [6, 6.07) is 2.03. The summed E-state index contributed by atoms with van der Waals surface area (Å²) in [4.78, 5) is 8.31. The first-order chi connectivity index (χ1) is 8.22. The molecule has 5 nitrogen and oxygen atoms in total. The van der Waals surface area contributed by atoms with Gasteiger partial charge in [0.2, 0.25) is 0 Å². The Kier molecular flexibility index (Phi) is 6.32. The third kappa shape index (κ3) is 6.06. The van der Waals surface area contributed by atoms with Gasteiger partial charge in [-0.25, -0.2) is 9.97 Å². The van der Waals surface area contributed by atoms with Crippen LogP contribution < -0.4 is 16.4 Å². The second-order valence-electron chi connectivity index (χ2n) is 4.28.